The monoisotopic (exact) mass is 863 g/mol. The SMILES string of the molecule is CC/C=C/C/C=C/C/C=C/C/C=C/C/C=C/CCCCCC(=O)O[C@H](COC(=O)CCCCCCCCCCCCCCCCCCCCCCCCC)COP(=O)(O)O. The van der Waals surface area contributed by atoms with Crippen molar-refractivity contribution in [3.05, 3.63) is 60.8 Å². The molecule has 2 N–H and O–H groups in total. The van der Waals surface area contributed by atoms with Gasteiger partial charge in [-0.2, -0.15) is 0 Å². The van der Waals surface area contributed by atoms with E-state index in [0.717, 1.165) is 70.6 Å². The molecule has 0 fully saturated rings. The summed E-state index contributed by atoms with van der Waals surface area (Å²) in [5.74, 6) is -0.916. The van der Waals surface area contributed by atoms with Gasteiger partial charge >= 0.3 is 19.8 Å². The predicted molar refractivity (Wildman–Crippen MR) is 253 cm³/mol. The lowest BCUT2D eigenvalue weighted by atomic mass is 10.0. The fraction of sp³-hybridized carbons (Fsp3) is 0.765. The van der Waals surface area contributed by atoms with E-state index in [1.54, 1.807) is 0 Å². The molecule has 0 aromatic heterocycles. The van der Waals surface area contributed by atoms with Gasteiger partial charge in [0.05, 0.1) is 6.61 Å². The number of carbonyl (C=O) groups is 2. The van der Waals surface area contributed by atoms with Crippen molar-refractivity contribution < 1.29 is 37.9 Å². The van der Waals surface area contributed by atoms with E-state index in [1.807, 2.05) is 0 Å². The third-order valence-corrected chi connectivity index (χ3v) is 11.0. The molecule has 8 nitrogen and oxygen atoms in total. The maximum absolute atomic E-state index is 12.4. The Labute approximate surface area is 368 Å². The Hall–Kier alpha value is -2.25. The van der Waals surface area contributed by atoms with Gasteiger partial charge in [0.2, 0.25) is 0 Å². The molecule has 0 heterocycles. The Morgan fingerprint density at radius 2 is 0.800 bits per heavy atom. The Balaban J connectivity index is 3.86. The molecule has 0 aromatic carbocycles. The van der Waals surface area contributed by atoms with Crippen LogP contribution in [0.4, 0.5) is 0 Å². The average Bonchev–Trinajstić information content (AvgIpc) is 3.22. The molecular formula is C51H91O8P. The standard InChI is InChI=1S/C51H91O8P/c1-3-5-7-9-11-13-15-17-19-21-23-24-25-26-28-29-31-33-35-37-39-41-43-45-50(52)57-47-49(48-58-60(54,55)56)59-51(53)46-44-42-40-38-36-34-32-30-27-22-20-18-16-14-12-10-8-6-4-2/h6,8,12,14,18,20,27,30,34,36,49H,3-5,7,9-11,13,15-17,19,21-26,28-29,31-33,35,37-48H2,1-2H3,(H2,54,55,56)/b8-6+,14-12+,20-18+,30-27+,36-34+/t49-/m1/s1. The lowest BCUT2D eigenvalue weighted by Crippen LogP contribution is -2.29. The normalized spacial score (nSPS) is 12.9. The van der Waals surface area contributed by atoms with Crippen molar-refractivity contribution in [1.82, 2.24) is 0 Å². The van der Waals surface area contributed by atoms with Crippen LogP contribution in [0.15, 0.2) is 60.8 Å². The third kappa shape index (κ3) is 48.4. The van der Waals surface area contributed by atoms with Crippen LogP contribution in [0.3, 0.4) is 0 Å². The topological polar surface area (TPSA) is 119 Å². The van der Waals surface area contributed by atoms with Crippen LogP contribution >= 0.6 is 7.82 Å². The zero-order chi connectivity index (χ0) is 43.9. The van der Waals surface area contributed by atoms with Crippen LogP contribution in [-0.2, 0) is 28.2 Å². The van der Waals surface area contributed by atoms with Gasteiger partial charge in [0.15, 0.2) is 6.10 Å². The van der Waals surface area contributed by atoms with E-state index in [-0.39, 0.29) is 19.4 Å². The van der Waals surface area contributed by atoms with Gasteiger partial charge in [-0.05, 0) is 57.8 Å². The average molecular weight is 863 g/mol. The van der Waals surface area contributed by atoms with Crippen LogP contribution < -0.4 is 0 Å². The number of esters is 2. The zero-order valence-corrected chi connectivity index (χ0v) is 39.5. The molecule has 0 unspecified atom stereocenters. The van der Waals surface area contributed by atoms with Gasteiger partial charge in [0, 0.05) is 12.8 Å². The van der Waals surface area contributed by atoms with Crippen LogP contribution in [0, 0.1) is 0 Å². The molecule has 0 aromatic rings. The molecular weight excluding hydrogens is 772 g/mol. The molecule has 0 saturated carbocycles. The quantitative estimate of drug-likeness (QED) is 0.0269. The molecule has 348 valence electrons. The number of phosphoric acid groups is 1. The van der Waals surface area contributed by atoms with E-state index in [4.69, 9.17) is 19.3 Å². The molecule has 0 rings (SSSR count). The second kappa shape index (κ2) is 46.3. The van der Waals surface area contributed by atoms with Crippen LogP contribution in [0.25, 0.3) is 0 Å². The van der Waals surface area contributed by atoms with Crippen molar-refractivity contribution >= 4 is 19.8 Å². The van der Waals surface area contributed by atoms with E-state index in [1.165, 1.54) is 128 Å². The van der Waals surface area contributed by atoms with Gasteiger partial charge in [-0.25, -0.2) is 4.57 Å². The number of rotatable bonds is 45. The molecule has 1 atom stereocenters. The smallest absolute Gasteiger partial charge is 0.462 e. The number of allylic oxidation sites excluding steroid dienone is 10. The Morgan fingerprint density at radius 1 is 0.450 bits per heavy atom. The molecule has 9 heteroatoms. The molecule has 0 saturated heterocycles. The largest absolute Gasteiger partial charge is 0.469 e. The number of hydrogen-bond donors (Lipinski definition) is 2. The molecule has 60 heavy (non-hydrogen) atoms. The number of hydrogen-bond acceptors (Lipinski definition) is 6. The highest BCUT2D eigenvalue weighted by atomic mass is 31.2. The van der Waals surface area contributed by atoms with Crippen molar-refractivity contribution in [3.63, 3.8) is 0 Å². The minimum atomic E-state index is -4.77. The maximum atomic E-state index is 12.4. The van der Waals surface area contributed by atoms with Crippen molar-refractivity contribution in [3.8, 4) is 0 Å². The van der Waals surface area contributed by atoms with Crippen molar-refractivity contribution in [2.45, 2.75) is 238 Å². The zero-order valence-electron chi connectivity index (χ0n) is 38.6. The first kappa shape index (κ1) is 57.8. The van der Waals surface area contributed by atoms with E-state index >= 15 is 0 Å². The van der Waals surface area contributed by atoms with Gasteiger partial charge < -0.3 is 19.3 Å². The van der Waals surface area contributed by atoms with Gasteiger partial charge in [0.1, 0.15) is 6.61 Å². The predicted octanol–water partition coefficient (Wildman–Crippen LogP) is 15.6. The summed E-state index contributed by atoms with van der Waals surface area (Å²) in [4.78, 5) is 43.0. The fourth-order valence-electron chi connectivity index (χ4n) is 6.93. The first-order valence-corrected chi connectivity index (χ1v) is 26.1. The van der Waals surface area contributed by atoms with Gasteiger partial charge in [-0.1, -0.05) is 222 Å². The van der Waals surface area contributed by atoms with E-state index in [9.17, 15) is 14.2 Å². The van der Waals surface area contributed by atoms with Crippen LogP contribution in [0.5, 0.6) is 0 Å². The van der Waals surface area contributed by atoms with Crippen molar-refractivity contribution in [2.75, 3.05) is 13.2 Å². The minimum absolute atomic E-state index is 0.172. The Bertz CT molecular complexity index is 1150. The molecule has 0 radical (unpaired) electrons. The highest BCUT2D eigenvalue weighted by molar-refractivity contribution is 7.46. The van der Waals surface area contributed by atoms with Crippen LogP contribution in [-0.4, -0.2) is 41.0 Å². The molecule has 0 aliphatic carbocycles. The summed E-state index contributed by atoms with van der Waals surface area (Å²) in [6, 6.07) is 0. The lowest BCUT2D eigenvalue weighted by Gasteiger charge is -2.18. The maximum Gasteiger partial charge on any atom is 0.469 e. The summed E-state index contributed by atoms with van der Waals surface area (Å²) in [7, 11) is -4.77. The first-order chi connectivity index (χ1) is 29.3. The summed E-state index contributed by atoms with van der Waals surface area (Å²) in [5.41, 5.74) is 0. The Morgan fingerprint density at radius 3 is 1.20 bits per heavy atom. The third-order valence-electron chi connectivity index (χ3n) is 10.6. The fourth-order valence-corrected chi connectivity index (χ4v) is 7.29. The molecule has 0 aliphatic rings. The van der Waals surface area contributed by atoms with Crippen LogP contribution in [0.2, 0.25) is 0 Å². The molecule has 0 spiro atoms. The van der Waals surface area contributed by atoms with Crippen molar-refractivity contribution in [1.29, 1.82) is 0 Å². The first-order valence-electron chi connectivity index (χ1n) is 24.6. The van der Waals surface area contributed by atoms with Gasteiger partial charge in [-0.3, -0.25) is 14.1 Å². The summed E-state index contributed by atoms with van der Waals surface area (Å²) >= 11 is 0. The van der Waals surface area contributed by atoms with E-state index in [2.05, 4.69) is 79.1 Å². The highest BCUT2D eigenvalue weighted by Crippen LogP contribution is 2.36. The summed E-state index contributed by atoms with van der Waals surface area (Å²) in [5, 5.41) is 0. The van der Waals surface area contributed by atoms with Crippen LogP contribution in [0.1, 0.15) is 232 Å². The Kier molecular flexibility index (Phi) is 44.5. The molecule has 0 aliphatic heterocycles. The minimum Gasteiger partial charge on any atom is -0.462 e. The lowest BCUT2D eigenvalue weighted by molar-refractivity contribution is -0.161. The summed E-state index contributed by atoms with van der Waals surface area (Å²) < 4.78 is 26.5. The summed E-state index contributed by atoms with van der Waals surface area (Å²) in [6.45, 7) is 3.58. The second-order valence-electron chi connectivity index (χ2n) is 16.4. The number of unbranched alkanes of at least 4 members (excludes halogenated alkanes) is 25. The van der Waals surface area contributed by atoms with E-state index < -0.39 is 32.5 Å². The van der Waals surface area contributed by atoms with Gasteiger partial charge in [-0.15, -0.1) is 0 Å². The van der Waals surface area contributed by atoms with E-state index in [0.29, 0.717) is 6.42 Å². The summed E-state index contributed by atoms with van der Waals surface area (Å²) in [6.07, 6.45) is 59.6. The molecule has 0 amide bonds. The number of ether oxygens (including phenoxy) is 2. The van der Waals surface area contributed by atoms with Crippen molar-refractivity contribution in [2.24, 2.45) is 0 Å². The number of carbonyl (C=O) groups excluding carboxylic acids is 2. The molecule has 0 bridgehead atoms. The highest BCUT2D eigenvalue weighted by Gasteiger charge is 2.23. The van der Waals surface area contributed by atoms with Gasteiger partial charge in [0.25, 0.3) is 0 Å². The second-order valence-corrected chi connectivity index (χ2v) is 17.7. The number of phosphoric ester groups is 1.